The Morgan fingerprint density at radius 1 is 1.29 bits per heavy atom. The summed E-state index contributed by atoms with van der Waals surface area (Å²) in [5.41, 5.74) is 1.48. The Hall–Kier alpha value is -1.44. The highest BCUT2D eigenvalue weighted by atomic mass is 79.9. The van der Waals surface area contributed by atoms with Gasteiger partial charge in [0.25, 0.3) is 15.0 Å². The molecule has 1 N–H and O–H groups in total. The molecule has 0 aliphatic rings. The summed E-state index contributed by atoms with van der Waals surface area (Å²) in [4.78, 5) is 16.0. The number of rotatable bonds is 3. The summed E-state index contributed by atoms with van der Waals surface area (Å²) in [5, 5.41) is 2.69. The van der Waals surface area contributed by atoms with Crippen molar-refractivity contribution >= 4 is 47.3 Å². The van der Waals surface area contributed by atoms with Crippen LogP contribution >= 0.6 is 26.6 Å². The van der Waals surface area contributed by atoms with Crippen molar-refractivity contribution in [1.29, 1.82) is 0 Å². The number of anilines is 1. The van der Waals surface area contributed by atoms with Crippen LogP contribution in [0.25, 0.3) is 0 Å². The van der Waals surface area contributed by atoms with Crippen molar-refractivity contribution in [3.05, 3.63) is 52.3 Å². The van der Waals surface area contributed by atoms with Crippen LogP contribution < -0.4 is 5.32 Å². The van der Waals surface area contributed by atoms with Crippen molar-refractivity contribution in [1.82, 2.24) is 4.98 Å². The molecule has 0 aliphatic heterocycles. The van der Waals surface area contributed by atoms with E-state index in [1.165, 1.54) is 24.4 Å². The van der Waals surface area contributed by atoms with Gasteiger partial charge in [0, 0.05) is 33.2 Å². The summed E-state index contributed by atoms with van der Waals surface area (Å²) < 4.78 is 23.2. The monoisotopic (exact) mass is 388 g/mol. The summed E-state index contributed by atoms with van der Waals surface area (Å²) >= 11 is 3.24. The van der Waals surface area contributed by atoms with Gasteiger partial charge >= 0.3 is 0 Å². The van der Waals surface area contributed by atoms with E-state index in [9.17, 15) is 13.2 Å². The zero-order valence-electron chi connectivity index (χ0n) is 10.8. The molecule has 1 aromatic heterocycles. The lowest BCUT2D eigenvalue weighted by Crippen LogP contribution is -2.13. The van der Waals surface area contributed by atoms with Crippen molar-refractivity contribution in [3.8, 4) is 0 Å². The Balaban J connectivity index is 2.26. The standard InChI is InChI=1S/C13H10BrClN2O3S/c1-8-4-11(21(15,19)20)2-3-12(8)17-13(18)9-5-10(14)7-16-6-9/h2-7H,1H3,(H,17,18). The van der Waals surface area contributed by atoms with E-state index in [0.717, 1.165) is 0 Å². The first-order valence-electron chi connectivity index (χ1n) is 5.74. The number of benzene rings is 1. The molecule has 0 bridgehead atoms. The maximum absolute atomic E-state index is 12.1. The molecule has 0 saturated carbocycles. The van der Waals surface area contributed by atoms with Gasteiger partial charge in [-0.25, -0.2) is 8.42 Å². The molecule has 110 valence electrons. The van der Waals surface area contributed by atoms with Crippen molar-refractivity contribution in [2.75, 3.05) is 5.32 Å². The Labute approximate surface area is 134 Å². The van der Waals surface area contributed by atoms with Crippen LogP contribution in [0.15, 0.2) is 46.0 Å². The molecule has 1 aromatic carbocycles. The van der Waals surface area contributed by atoms with Crippen molar-refractivity contribution in [2.45, 2.75) is 11.8 Å². The third-order valence-electron chi connectivity index (χ3n) is 2.69. The van der Waals surface area contributed by atoms with Crippen LogP contribution in [0.1, 0.15) is 15.9 Å². The second-order valence-corrected chi connectivity index (χ2v) is 7.74. The number of aryl methyl sites for hydroxylation is 1. The molecule has 0 unspecified atom stereocenters. The van der Waals surface area contributed by atoms with Crippen LogP contribution in [-0.2, 0) is 9.05 Å². The number of nitrogens with zero attached hydrogens (tertiary/aromatic N) is 1. The van der Waals surface area contributed by atoms with Crippen molar-refractivity contribution in [2.24, 2.45) is 0 Å². The van der Waals surface area contributed by atoms with Gasteiger partial charge < -0.3 is 5.32 Å². The molecular formula is C13H10BrClN2O3S. The Bertz CT molecular complexity index is 809. The average molecular weight is 390 g/mol. The summed E-state index contributed by atoms with van der Waals surface area (Å²) in [5.74, 6) is -0.339. The van der Waals surface area contributed by atoms with E-state index in [-0.39, 0.29) is 10.8 Å². The van der Waals surface area contributed by atoms with Gasteiger partial charge in [-0.05, 0) is 52.7 Å². The summed E-state index contributed by atoms with van der Waals surface area (Å²) in [6, 6.07) is 5.87. The lowest BCUT2D eigenvalue weighted by molar-refractivity contribution is 0.102. The highest BCUT2D eigenvalue weighted by Crippen LogP contribution is 2.22. The average Bonchev–Trinajstić information content (AvgIpc) is 2.39. The Morgan fingerprint density at radius 2 is 2.00 bits per heavy atom. The van der Waals surface area contributed by atoms with Gasteiger partial charge in [0.15, 0.2) is 0 Å². The molecule has 0 aliphatic carbocycles. The molecule has 8 heteroatoms. The van der Waals surface area contributed by atoms with E-state index in [1.807, 2.05) is 0 Å². The van der Waals surface area contributed by atoms with Gasteiger partial charge in [-0.1, -0.05) is 0 Å². The molecule has 0 atom stereocenters. The largest absolute Gasteiger partial charge is 0.322 e. The fourth-order valence-electron chi connectivity index (χ4n) is 1.66. The quantitative estimate of drug-likeness (QED) is 0.817. The molecular weight excluding hydrogens is 380 g/mol. The van der Waals surface area contributed by atoms with Crippen LogP contribution in [0, 0.1) is 6.92 Å². The molecule has 0 radical (unpaired) electrons. The van der Waals surface area contributed by atoms with Crippen LogP contribution in [-0.4, -0.2) is 19.3 Å². The van der Waals surface area contributed by atoms with E-state index in [1.54, 1.807) is 19.2 Å². The molecule has 21 heavy (non-hydrogen) atoms. The van der Waals surface area contributed by atoms with Gasteiger partial charge in [0.2, 0.25) is 0 Å². The van der Waals surface area contributed by atoms with Crippen LogP contribution in [0.2, 0.25) is 0 Å². The van der Waals surface area contributed by atoms with E-state index in [2.05, 4.69) is 26.2 Å². The van der Waals surface area contributed by atoms with E-state index in [0.29, 0.717) is 21.3 Å². The molecule has 1 amide bonds. The number of nitrogens with one attached hydrogen (secondary N) is 1. The number of halogens is 2. The topological polar surface area (TPSA) is 76.1 Å². The molecule has 1 heterocycles. The number of hydrogen-bond donors (Lipinski definition) is 1. The van der Waals surface area contributed by atoms with Gasteiger partial charge in [0.1, 0.15) is 0 Å². The molecule has 2 aromatic rings. The first-order valence-corrected chi connectivity index (χ1v) is 8.85. The number of hydrogen-bond acceptors (Lipinski definition) is 4. The van der Waals surface area contributed by atoms with Crippen molar-refractivity contribution < 1.29 is 13.2 Å². The normalized spacial score (nSPS) is 11.2. The second-order valence-electron chi connectivity index (χ2n) is 4.26. The minimum absolute atomic E-state index is 0.0104. The summed E-state index contributed by atoms with van der Waals surface area (Å²) in [6.45, 7) is 1.68. The Kier molecular flexibility index (Phi) is 4.65. The first kappa shape index (κ1) is 15.9. The number of pyridine rings is 1. The number of aromatic nitrogens is 1. The number of carbonyl (C=O) groups is 1. The zero-order chi connectivity index (χ0) is 15.6. The minimum atomic E-state index is -3.79. The van der Waals surface area contributed by atoms with Crippen molar-refractivity contribution in [3.63, 3.8) is 0 Å². The van der Waals surface area contributed by atoms with Crippen LogP contribution in [0.5, 0.6) is 0 Å². The maximum atomic E-state index is 12.1. The number of amides is 1. The lowest BCUT2D eigenvalue weighted by Gasteiger charge is -2.09. The van der Waals surface area contributed by atoms with Crippen LogP contribution in [0.4, 0.5) is 5.69 Å². The van der Waals surface area contributed by atoms with E-state index in [4.69, 9.17) is 10.7 Å². The predicted octanol–water partition coefficient (Wildman–Crippen LogP) is 3.33. The predicted molar refractivity (Wildman–Crippen MR) is 84.1 cm³/mol. The van der Waals surface area contributed by atoms with E-state index < -0.39 is 9.05 Å². The molecule has 0 saturated heterocycles. The van der Waals surface area contributed by atoms with Gasteiger partial charge in [-0.2, -0.15) is 0 Å². The third-order valence-corrected chi connectivity index (χ3v) is 4.48. The molecule has 5 nitrogen and oxygen atoms in total. The zero-order valence-corrected chi connectivity index (χ0v) is 14.0. The van der Waals surface area contributed by atoms with Gasteiger partial charge in [0.05, 0.1) is 10.5 Å². The van der Waals surface area contributed by atoms with Crippen LogP contribution in [0.3, 0.4) is 0 Å². The smallest absolute Gasteiger partial charge is 0.261 e. The van der Waals surface area contributed by atoms with Gasteiger partial charge in [-0.15, -0.1) is 0 Å². The first-order chi connectivity index (χ1) is 9.77. The number of carbonyl (C=O) groups excluding carboxylic acids is 1. The Morgan fingerprint density at radius 3 is 2.57 bits per heavy atom. The van der Waals surface area contributed by atoms with Gasteiger partial charge in [-0.3, -0.25) is 9.78 Å². The fraction of sp³-hybridized carbons (Fsp3) is 0.0769. The highest BCUT2D eigenvalue weighted by Gasteiger charge is 2.13. The highest BCUT2D eigenvalue weighted by molar-refractivity contribution is 9.10. The summed E-state index contributed by atoms with van der Waals surface area (Å²) in [6.07, 6.45) is 3.01. The summed E-state index contributed by atoms with van der Waals surface area (Å²) in [7, 11) is 1.49. The third kappa shape index (κ3) is 4.03. The minimum Gasteiger partial charge on any atom is -0.322 e. The SMILES string of the molecule is Cc1cc(S(=O)(=O)Cl)ccc1NC(=O)c1cncc(Br)c1. The lowest BCUT2D eigenvalue weighted by atomic mass is 10.2. The second kappa shape index (κ2) is 6.13. The molecule has 2 rings (SSSR count). The van der Waals surface area contributed by atoms with E-state index >= 15 is 0 Å². The molecule has 0 spiro atoms. The molecule has 0 fully saturated rings. The maximum Gasteiger partial charge on any atom is 0.261 e. The fourth-order valence-corrected chi connectivity index (χ4v) is 2.86.